The summed E-state index contributed by atoms with van der Waals surface area (Å²) < 4.78 is 1.50. The summed E-state index contributed by atoms with van der Waals surface area (Å²) in [7, 11) is 3.35. The molecule has 7 heteroatoms. The van der Waals surface area contributed by atoms with Crippen LogP contribution in [-0.2, 0) is 0 Å². The van der Waals surface area contributed by atoms with Gasteiger partial charge in [-0.15, -0.1) is 0 Å². The van der Waals surface area contributed by atoms with Gasteiger partial charge in [-0.3, -0.25) is 4.79 Å². The number of amides is 1. The van der Waals surface area contributed by atoms with Gasteiger partial charge < -0.3 is 10.6 Å². The van der Waals surface area contributed by atoms with E-state index in [1.165, 1.54) is 9.58 Å². The van der Waals surface area contributed by atoms with Gasteiger partial charge >= 0.3 is 0 Å². The zero-order chi connectivity index (χ0) is 13.3. The highest BCUT2D eigenvalue weighted by Gasteiger charge is 2.12. The van der Waals surface area contributed by atoms with E-state index in [2.05, 4.69) is 15.1 Å². The average Bonchev–Trinajstić information content (AvgIpc) is 2.75. The highest BCUT2D eigenvalue weighted by atomic mass is 16.2. The first-order valence-corrected chi connectivity index (χ1v) is 5.36. The summed E-state index contributed by atoms with van der Waals surface area (Å²) in [5, 5.41) is 4.16. The summed E-state index contributed by atoms with van der Waals surface area (Å²) in [6, 6.07) is 3.24. The Labute approximate surface area is 104 Å². The number of nitrogens with zero attached hydrogens (tertiary/aromatic N) is 5. The number of aryl methyl sites for hydroxylation is 1. The lowest BCUT2D eigenvalue weighted by Crippen LogP contribution is -2.22. The van der Waals surface area contributed by atoms with Gasteiger partial charge in [0.1, 0.15) is 11.6 Å². The second-order valence-corrected chi connectivity index (χ2v) is 4.04. The van der Waals surface area contributed by atoms with Gasteiger partial charge in [0.15, 0.2) is 11.5 Å². The van der Waals surface area contributed by atoms with Gasteiger partial charge in [-0.1, -0.05) is 0 Å². The molecule has 18 heavy (non-hydrogen) atoms. The summed E-state index contributed by atoms with van der Waals surface area (Å²) in [5.41, 5.74) is 6.00. The van der Waals surface area contributed by atoms with E-state index < -0.39 is 0 Å². The number of nitrogens with two attached hydrogens (primary N) is 1. The molecule has 0 saturated heterocycles. The lowest BCUT2D eigenvalue weighted by atomic mass is 10.4. The van der Waals surface area contributed by atoms with Crippen LogP contribution in [0.3, 0.4) is 0 Å². The summed E-state index contributed by atoms with van der Waals surface area (Å²) in [6.07, 6.45) is 1.66. The van der Waals surface area contributed by atoms with E-state index in [0.29, 0.717) is 23.2 Å². The Bertz CT molecular complexity index is 569. The Morgan fingerprint density at radius 3 is 2.72 bits per heavy atom. The molecule has 0 radical (unpaired) electrons. The molecular formula is C11H14N6O. The molecule has 0 unspecified atom stereocenters. The minimum Gasteiger partial charge on any atom is -0.384 e. The predicted octanol–water partition coefficient (Wildman–Crippen LogP) is 0.255. The van der Waals surface area contributed by atoms with Crippen molar-refractivity contribution in [1.82, 2.24) is 24.6 Å². The summed E-state index contributed by atoms with van der Waals surface area (Å²) >= 11 is 0. The summed E-state index contributed by atoms with van der Waals surface area (Å²) in [5.74, 6) is 1.31. The Hall–Kier alpha value is -2.44. The first-order chi connectivity index (χ1) is 8.47. The molecule has 94 valence electrons. The predicted molar refractivity (Wildman–Crippen MR) is 66.3 cm³/mol. The molecule has 2 rings (SSSR count). The minimum absolute atomic E-state index is 0.160. The van der Waals surface area contributed by atoms with Crippen LogP contribution in [-0.4, -0.2) is 44.7 Å². The highest BCUT2D eigenvalue weighted by molar-refractivity contribution is 5.91. The molecule has 2 N–H and O–H groups in total. The normalized spacial score (nSPS) is 10.4. The molecule has 2 heterocycles. The van der Waals surface area contributed by atoms with E-state index in [0.717, 1.165) is 0 Å². The van der Waals surface area contributed by atoms with Gasteiger partial charge in [0.05, 0.1) is 0 Å². The topological polar surface area (TPSA) is 89.9 Å². The van der Waals surface area contributed by atoms with Crippen molar-refractivity contribution in [2.75, 3.05) is 19.8 Å². The molecule has 0 saturated carbocycles. The molecule has 1 amide bonds. The zero-order valence-electron chi connectivity index (χ0n) is 10.5. The molecule has 0 aromatic carbocycles. The van der Waals surface area contributed by atoms with Crippen molar-refractivity contribution in [3.8, 4) is 5.82 Å². The highest BCUT2D eigenvalue weighted by Crippen LogP contribution is 2.09. The first kappa shape index (κ1) is 12.0. The van der Waals surface area contributed by atoms with E-state index in [-0.39, 0.29) is 5.91 Å². The fourth-order valence-electron chi connectivity index (χ4n) is 1.49. The van der Waals surface area contributed by atoms with Gasteiger partial charge in [0.2, 0.25) is 0 Å². The Morgan fingerprint density at radius 2 is 2.11 bits per heavy atom. The SMILES string of the molecule is Cc1nc(N)cc(-n2ccc(C(=O)N(C)C)n2)n1. The quantitative estimate of drug-likeness (QED) is 0.820. The van der Waals surface area contributed by atoms with Crippen molar-refractivity contribution in [2.24, 2.45) is 0 Å². The third-order valence-electron chi connectivity index (χ3n) is 2.29. The first-order valence-electron chi connectivity index (χ1n) is 5.36. The number of hydrogen-bond donors (Lipinski definition) is 1. The lowest BCUT2D eigenvalue weighted by molar-refractivity contribution is 0.0821. The molecule has 0 aliphatic carbocycles. The monoisotopic (exact) mass is 246 g/mol. The van der Waals surface area contributed by atoms with Crippen molar-refractivity contribution in [1.29, 1.82) is 0 Å². The van der Waals surface area contributed by atoms with Crippen LogP contribution in [0.2, 0.25) is 0 Å². The van der Waals surface area contributed by atoms with Crippen LogP contribution in [0.15, 0.2) is 18.3 Å². The second-order valence-electron chi connectivity index (χ2n) is 4.04. The number of anilines is 1. The maximum Gasteiger partial charge on any atom is 0.273 e. The standard InChI is InChI=1S/C11H14N6O/c1-7-13-9(12)6-10(14-7)17-5-4-8(15-17)11(18)16(2)3/h4-6H,1-3H3,(H2,12,13,14). The smallest absolute Gasteiger partial charge is 0.273 e. The van der Waals surface area contributed by atoms with Gasteiger partial charge in [-0.05, 0) is 13.0 Å². The van der Waals surface area contributed by atoms with Crippen molar-refractivity contribution < 1.29 is 4.79 Å². The third kappa shape index (κ3) is 2.29. The minimum atomic E-state index is -0.160. The van der Waals surface area contributed by atoms with Crippen LogP contribution in [0.4, 0.5) is 5.82 Å². The van der Waals surface area contributed by atoms with E-state index >= 15 is 0 Å². The third-order valence-corrected chi connectivity index (χ3v) is 2.29. The van der Waals surface area contributed by atoms with Crippen molar-refractivity contribution in [2.45, 2.75) is 6.92 Å². The molecule has 0 fully saturated rings. The molecular weight excluding hydrogens is 232 g/mol. The maximum atomic E-state index is 11.7. The molecule has 0 bridgehead atoms. The van der Waals surface area contributed by atoms with E-state index in [4.69, 9.17) is 5.73 Å². The fraction of sp³-hybridized carbons (Fsp3) is 0.273. The van der Waals surface area contributed by atoms with Crippen LogP contribution in [0.5, 0.6) is 0 Å². The summed E-state index contributed by atoms with van der Waals surface area (Å²) in [4.78, 5) is 21.4. The average molecular weight is 246 g/mol. The van der Waals surface area contributed by atoms with Gasteiger partial charge in [-0.25, -0.2) is 14.6 Å². The van der Waals surface area contributed by atoms with Crippen molar-refractivity contribution in [3.05, 3.63) is 29.8 Å². The number of hydrogen-bond acceptors (Lipinski definition) is 5. The van der Waals surface area contributed by atoms with Crippen LogP contribution in [0.1, 0.15) is 16.3 Å². The molecule has 2 aromatic heterocycles. The Morgan fingerprint density at radius 1 is 1.39 bits per heavy atom. The molecule has 2 aromatic rings. The Kier molecular flexibility index (Phi) is 2.97. The molecule has 0 spiro atoms. The summed E-state index contributed by atoms with van der Waals surface area (Å²) in [6.45, 7) is 1.75. The van der Waals surface area contributed by atoms with E-state index in [1.807, 2.05) is 0 Å². The number of nitrogen functional groups attached to an aromatic ring is 1. The van der Waals surface area contributed by atoms with Crippen LogP contribution in [0.25, 0.3) is 5.82 Å². The van der Waals surface area contributed by atoms with E-state index in [1.54, 1.807) is 39.3 Å². The van der Waals surface area contributed by atoms with Crippen molar-refractivity contribution >= 4 is 11.7 Å². The zero-order valence-corrected chi connectivity index (χ0v) is 10.5. The maximum absolute atomic E-state index is 11.7. The number of carbonyl (C=O) groups is 1. The van der Waals surface area contributed by atoms with Gasteiger partial charge in [0, 0.05) is 26.4 Å². The molecule has 7 nitrogen and oxygen atoms in total. The largest absolute Gasteiger partial charge is 0.384 e. The van der Waals surface area contributed by atoms with Gasteiger partial charge in [-0.2, -0.15) is 5.10 Å². The van der Waals surface area contributed by atoms with Crippen LogP contribution >= 0.6 is 0 Å². The molecule has 0 atom stereocenters. The lowest BCUT2D eigenvalue weighted by Gasteiger charge is -2.07. The van der Waals surface area contributed by atoms with Crippen LogP contribution in [0, 0.1) is 6.92 Å². The number of aromatic nitrogens is 4. The van der Waals surface area contributed by atoms with Gasteiger partial charge in [0.25, 0.3) is 5.91 Å². The molecule has 0 aliphatic rings. The van der Waals surface area contributed by atoms with E-state index in [9.17, 15) is 4.79 Å². The number of carbonyl (C=O) groups excluding carboxylic acids is 1. The Balaban J connectivity index is 2.38. The van der Waals surface area contributed by atoms with Crippen LogP contribution < -0.4 is 5.73 Å². The second kappa shape index (κ2) is 4.44. The molecule has 0 aliphatic heterocycles. The number of rotatable bonds is 2. The fourth-order valence-corrected chi connectivity index (χ4v) is 1.49. The van der Waals surface area contributed by atoms with Crippen molar-refractivity contribution in [3.63, 3.8) is 0 Å².